The average molecular weight is 203 g/mol. The molecular weight excluding hydrogens is 182 g/mol. The van der Waals surface area contributed by atoms with Gasteiger partial charge in [0.15, 0.2) is 0 Å². The second-order valence-electron chi connectivity index (χ2n) is 4.06. The molecule has 0 amide bonds. The van der Waals surface area contributed by atoms with E-state index in [0.717, 1.165) is 18.7 Å². The van der Waals surface area contributed by atoms with Crippen LogP contribution in [0.3, 0.4) is 0 Å². The third-order valence-electron chi connectivity index (χ3n) is 2.66. The van der Waals surface area contributed by atoms with Crippen molar-refractivity contribution in [3.05, 3.63) is 0 Å². The molecular formula is C10H21NOS. The van der Waals surface area contributed by atoms with Crippen molar-refractivity contribution in [1.29, 1.82) is 0 Å². The van der Waals surface area contributed by atoms with Crippen molar-refractivity contribution in [2.75, 3.05) is 12.3 Å². The Morgan fingerprint density at radius 2 is 2.15 bits per heavy atom. The van der Waals surface area contributed by atoms with Crippen molar-refractivity contribution < 1.29 is 5.11 Å². The summed E-state index contributed by atoms with van der Waals surface area (Å²) in [4.78, 5) is 0. The summed E-state index contributed by atoms with van der Waals surface area (Å²) in [6, 6.07) is 0. The molecule has 0 radical (unpaired) electrons. The fourth-order valence-electron chi connectivity index (χ4n) is 1.63. The quantitative estimate of drug-likeness (QED) is 0.730. The third-order valence-corrected chi connectivity index (χ3v) is 4.40. The predicted molar refractivity (Wildman–Crippen MR) is 58.9 cm³/mol. The van der Waals surface area contributed by atoms with Crippen LogP contribution in [-0.2, 0) is 0 Å². The molecule has 1 saturated carbocycles. The van der Waals surface area contributed by atoms with Crippen molar-refractivity contribution in [1.82, 2.24) is 0 Å². The van der Waals surface area contributed by atoms with Gasteiger partial charge in [-0.15, -0.1) is 0 Å². The fourth-order valence-corrected chi connectivity index (χ4v) is 3.03. The first-order chi connectivity index (χ1) is 6.24. The minimum Gasteiger partial charge on any atom is -0.392 e. The van der Waals surface area contributed by atoms with Gasteiger partial charge in [0.05, 0.1) is 6.10 Å². The summed E-state index contributed by atoms with van der Waals surface area (Å²) in [6.45, 7) is 2.93. The van der Waals surface area contributed by atoms with E-state index in [1.165, 1.54) is 19.3 Å². The zero-order chi connectivity index (χ0) is 9.68. The lowest BCUT2D eigenvalue weighted by Crippen LogP contribution is -2.28. The van der Waals surface area contributed by atoms with Crippen LogP contribution in [0.15, 0.2) is 0 Å². The molecule has 2 nitrogen and oxygen atoms in total. The highest BCUT2D eigenvalue weighted by Gasteiger charge is 2.23. The van der Waals surface area contributed by atoms with E-state index in [2.05, 4.69) is 6.92 Å². The maximum absolute atomic E-state index is 9.70. The minimum absolute atomic E-state index is 0.0660. The van der Waals surface area contributed by atoms with Gasteiger partial charge in [0.2, 0.25) is 0 Å². The van der Waals surface area contributed by atoms with Gasteiger partial charge in [-0.3, -0.25) is 0 Å². The van der Waals surface area contributed by atoms with Gasteiger partial charge in [-0.25, -0.2) is 0 Å². The van der Waals surface area contributed by atoms with E-state index in [0.29, 0.717) is 11.2 Å². The van der Waals surface area contributed by atoms with Crippen molar-refractivity contribution in [3.63, 3.8) is 0 Å². The second-order valence-corrected chi connectivity index (χ2v) is 5.34. The zero-order valence-electron chi connectivity index (χ0n) is 8.41. The van der Waals surface area contributed by atoms with Crippen molar-refractivity contribution in [3.8, 4) is 0 Å². The lowest BCUT2D eigenvalue weighted by Gasteiger charge is -2.27. The van der Waals surface area contributed by atoms with E-state index in [4.69, 9.17) is 5.73 Å². The number of aliphatic hydroxyl groups is 1. The summed E-state index contributed by atoms with van der Waals surface area (Å²) in [5, 5.41) is 10.2. The first-order valence-electron chi connectivity index (χ1n) is 5.23. The Bertz CT molecular complexity index is 143. The summed E-state index contributed by atoms with van der Waals surface area (Å²) in [7, 11) is 0. The maximum Gasteiger partial charge on any atom is 0.0658 e. The molecule has 0 saturated heterocycles. The van der Waals surface area contributed by atoms with Gasteiger partial charge in [0, 0.05) is 5.25 Å². The fraction of sp³-hybridized carbons (Fsp3) is 1.00. The van der Waals surface area contributed by atoms with Gasteiger partial charge in [-0.2, -0.15) is 11.8 Å². The van der Waals surface area contributed by atoms with Gasteiger partial charge < -0.3 is 10.8 Å². The van der Waals surface area contributed by atoms with Gasteiger partial charge in [-0.05, 0) is 31.1 Å². The highest BCUT2D eigenvalue weighted by atomic mass is 32.2. The van der Waals surface area contributed by atoms with Gasteiger partial charge in [-0.1, -0.05) is 19.8 Å². The van der Waals surface area contributed by atoms with Crippen molar-refractivity contribution in [2.24, 2.45) is 11.7 Å². The Balaban J connectivity index is 2.18. The number of hydrogen-bond donors (Lipinski definition) is 2. The molecule has 0 aliphatic heterocycles. The molecule has 0 bridgehead atoms. The van der Waals surface area contributed by atoms with Crippen LogP contribution in [0, 0.1) is 5.92 Å². The number of aliphatic hydroxyl groups excluding tert-OH is 1. The molecule has 3 atom stereocenters. The SMILES string of the molecule is CC(CN)CSC1CCCCC1O. The van der Waals surface area contributed by atoms with Crippen LogP contribution < -0.4 is 5.73 Å². The topological polar surface area (TPSA) is 46.2 Å². The monoisotopic (exact) mass is 203 g/mol. The summed E-state index contributed by atoms with van der Waals surface area (Å²) >= 11 is 1.91. The summed E-state index contributed by atoms with van der Waals surface area (Å²) in [5.41, 5.74) is 5.55. The number of rotatable bonds is 4. The Kier molecular flexibility index (Phi) is 5.14. The third kappa shape index (κ3) is 3.88. The van der Waals surface area contributed by atoms with Crippen LogP contribution in [0.25, 0.3) is 0 Å². The molecule has 13 heavy (non-hydrogen) atoms. The van der Waals surface area contributed by atoms with E-state index < -0.39 is 0 Å². The Hall–Kier alpha value is 0.270. The molecule has 1 fully saturated rings. The smallest absolute Gasteiger partial charge is 0.0658 e. The van der Waals surface area contributed by atoms with Gasteiger partial charge in [0.25, 0.3) is 0 Å². The largest absolute Gasteiger partial charge is 0.392 e. The number of nitrogens with two attached hydrogens (primary N) is 1. The Morgan fingerprint density at radius 3 is 2.77 bits per heavy atom. The standard InChI is InChI=1S/C10H21NOS/c1-8(6-11)7-13-10-5-3-2-4-9(10)12/h8-10,12H,2-7,11H2,1H3. The van der Waals surface area contributed by atoms with Crippen LogP contribution in [-0.4, -0.2) is 28.8 Å². The van der Waals surface area contributed by atoms with Crippen molar-refractivity contribution in [2.45, 2.75) is 44.0 Å². The molecule has 3 N–H and O–H groups in total. The number of hydrogen-bond acceptors (Lipinski definition) is 3. The summed E-state index contributed by atoms with van der Waals surface area (Å²) < 4.78 is 0. The van der Waals surface area contributed by atoms with E-state index in [1.807, 2.05) is 11.8 Å². The molecule has 1 aliphatic rings. The van der Waals surface area contributed by atoms with Gasteiger partial charge >= 0.3 is 0 Å². The van der Waals surface area contributed by atoms with Crippen LogP contribution >= 0.6 is 11.8 Å². The Labute approximate surface area is 85.3 Å². The average Bonchev–Trinajstić information content (AvgIpc) is 2.16. The highest BCUT2D eigenvalue weighted by Crippen LogP contribution is 2.29. The molecule has 3 heteroatoms. The predicted octanol–water partition coefficient (Wildman–Crippen LogP) is 1.62. The Morgan fingerprint density at radius 1 is 1.46 bits per heavy atom. The zero-order valence-corrected chi connectivity index (χ0v) is 9.22. The molecule has 1 rings (SSSR count). The maximum atomic E-state index is 9.70. The molecule has 1 aliphatic carbocycles. The van der Waals surface area contributed by atoms with E-state index in [-0.39, 0.29) is 6.10 Å². The van der Waals surface area contributed by atoms with Crippen LogP contribution in [0.5, 0.6) is 0 Å². The second kappa shape index (κ2) is 5.89. The lowest BCUT2D eigenvalue weighted by atomic mass is 9.97. The molecule has 3 unspecified atom stereocenters. The molecule has 78 valence electrons. The van der Waals surface area contributed by atoms with Crippen molar-refractivity contribution >= 4 is 11.8 Å². The number of thioether (sulfide) groups is 1. The summed E-state index contributed by atoms with van der Waals surface area (Å²) in [6.07, 6.45) is 4.59. The lowest BCUT2D eigenvalue weighted by molar-refractivity contribution is 0.137. The first-order valence-corrected chi connectivity index (χ1v) is 6.28. The van der Waals surface area contributed by atoms with E-state index in [9.17, 15) is 5.11 Å². The van der Waals surface area contributed by atoms with E-state index >= 15 is 0 Å². The molecule has 0 aromatic heterocycles. The van der Waals surface area contributed by atoms with Crippen LogP contribution in [0.1, 0.15) is 32.6 Å². The normalized spacial score (nSPS) is 31.6. The molecule has 0 aromatic rings. The highest BCUT2D eigenvalue weighted by molar-refractivity contribution is 7.99. The van der Waals surface area contributed by atoms with Crippen LogP contribution in [0.4, 0.5) is 0 Å². The van der Waals surface area contributed by atoms with E-state index in [1.54, 1.807) is 0 Å². The molecule has 0 spiro atoms. The van der Waals surface area contributed by atoms with Crippen LogP contribution in [0.2, 0.25) is 0 Å². The summed E-state index contributed by atoms with van der Waals surface area (Å²) in [5.74, 6) is 1.68. The van der Waals surface area contributed by atoms with Gasteiger partial charge in [0.1, 0.15) is 0 Å². The minimum atomic E-state index is -0.0660. The first kappa shape index (κ1) is 11.3. The molecule has 0 aromatic carbocycles. The molecule has 0 heterocycles.